The summed E-state index contributed by atoms with van der Waals surface area (Å²) in [6, 6.07) is 7.37. The molecular weight excluding hydrogens is 230 g/mol. The van der Waals surface area contributed by atoms with Crippen LogP contribution in [-0.4, -0.2) is 29.1 Å². The predicted molar refractivity (Wildman–Crippen MR) is 69.1 cm³/mol. The third kappa shape index (κ3) is 2.68. The number of aromatic nitrogens is 2. The number of aromatic amines is 1. The highest BCUT2D eigenvalue weighted by molar-refractivity contribution is 5.78. The molecule has 2 aromatic rings. The van der Waals surface area contributed by atoms with E-state index in [1.165, 1.54) is 7.11 Å². The van der Waals surface area contributed by atoms with Gasteiger partial charge in [-0.1, -0.05) is 12.1 Å². The number of imidazole rings is 1. The second kappa shape index (κ2) is 5.35. The molecule has 0 radical (unpaired) electrons. The number of H-pyrrole nitrogens is 1. The first kappa shape index (κ1) is 12.2. The van der Waals surface area contributed by atoms with Crippen LogP contribution in [-0.2, 0) is 9.53 Å². The lowest BCUT2D eigenvalue weighted by Crippen LogP contribution is -2.27. The Kier molecular flexibility index (Phi) is 3.62. The van der Waals surface area contributed by atoms with Crippen molar-refractivity contribution < 1.29 is 9.53 Å². The molecular formula is C13H15N3O2. The highest BCUT2D eigenvalue weighted by Crippen LogP contribution is 2.19. The molecule has 0 bridgehead atoms. The Morgan fingerprint density at radius 1 is 1.39 bits per heavy atom. The van der Waals surface area contributed by atoms with Crippen LogP contribution in [0.2, 0.25) is 0 Å². The molecule has 0 aliphatic rings. The number of hydrogen-bond acceptors (Lipinski definition) is 4. The van der Waals surface area contributed by atoms with E-state index in [2.05, 4.69) is 20.0 Å². The van der Waals surface area contributed by atoms with E-state index < -0.39 is 0 Å². The molecule has 5 heteroatoms. The van der Waals surface area contributed by atoms with Crippen LogP contribution >= 0.6 is 0 Å². The number of hydrogen-bond donors (Lipinski definition) is 2. The van der Waals surface area contributed by atoms with Crippen molar-refractivity contribution in [2.75, 3.05) is 12.4 Å². The molecule has 0 aliphatic carbocycles. The monoisotopic (exact) mass is 245 g/mol. The van der Waals surface area contributed by atoms with Gasteiger partial charge in [0, 0.05) is 5.69 Å². The van der Waals surface area contributed by atoms with Gasteiger partial charge in [0.1, 0.15) is 6.04 Å². The maximum absolute atomic E-state index is 11.3. The van der Waals surface area contributed by atoms with Gasteiger partial charge in [0.25, 0.3) is 0 Å². The lowest BCUT2D eigenvalue weighted by molar-refractivity contribution is -0.141. The minimum atomic E-state index is -0.368. The molecule has 1 atom stereocenters. The Bertz CT molecular complexity index is 506. The van der Waals surface area contributed by atoms with Crippen molar-refractivity contribution in [2.45, 2.75) is 13.0 Å². The molecule has 0 amide bonds. The van der Waals surface area contributed by atoms with Crippen LogP contribution < -0.4 is 5.32 Å². The molecule has 94 valence electrons. The maximum atomic E-state index is 11.3. The summed E-state index contributed by atoms with van der Waals surface area (Å²) in [6.07, 6.45) is 3.40. The van der Waals surface area contributed by atoms with Gasteiger partial charge in [-0.05, 0) is 24.6 Å². The lowest BCUT2D eigenvalue weighted by atomic mass is 10.1. The second-order valence-corrected chi connectivity index (χ2v) is 3.93. The summed E-state index contributed by atoms with van der Waals surface area (Å²) in [6.45, 7) is 1.76. The van der Waals surface area contributed by atoms with Crippen molar-refractivity contribution in [2.24, 2.45) is 0 Å². The zero-order valence-electron chi connectivity index (χ0n) is 10.3. The molecule has 2 N–H and O–H groups in total. The summed E-state index contributed by atoms with van der Waals surface area (Å²) in [4.78, 5) is 18.3. The van der Waals surface area contributed by atoms with Crippen molar-refractivity contribution in [3.05, 3.63) is 36.8 Å². The summed E-state index contributed by atoms with van der Waals surface area (Å²) < 4.78 is 4.65. The molecule has 5 nitrogen and oxygen atoms in total. The first-order chi connectivity index (χ1) is 8.70. The number of nitrogens with zero attached hydrogens (tertiary/aromatic N) is 1. The Morgan fingerprint density at radius 2 is 2.11 bits per heavy atom. The van der Waals surface area contributed by atoms with E-state index in [0.29, 0.717) is 0 Å². The molecule has 1 unspecified atom stereocenters. The number of anilines is 1. The largest absolute Gasteiger partial charge is 0.467 e. The number of benzene rings is 1. The van der Waals surface area contributed by atoms with Crippen molar-refractivity contribution in [1.29, 1.82) is 0 Å². The van der Waals surface area contributed by atoms with Crippen molar-refractivity contribution >= 4 is 11.7 Å². The third-order valence-corrected chi connectivity index (χ3v) is 2.63. The first-order valence-corrected chi connectivity index (χ1v) is 5.64. The number of nitrogens with one attached hydrogen (secondary N) is 2. The van der Waals surface area contributed by atoms with E-state index in [-0.39, 0.29) is 12.0 Å². The molecule has 2 rings (SSSR count). The Morgan fingerprint density at radius 3 is 2.67 bits per heavy atom. The van der Waals surface area contributed by atoms with Crippen molar-refractivity contribution in [1.82, 2.24) is 9.97 Å². The Labute approximate surface area is 105 Å². The highest BCUT2D eigenvalue weighted by Gasteiger charge is 2.12. The van der Waals surface area contributed by atoms with Crippen LogP contribution in [0.3, 0.4) is 0 Å². The van der Waals surface area contributed by atoms with Gasteiger partial charge in [0.05, 0.1) is 25.3 Å². The van der Waals surface area contributed by atoms with Gasteiger partial charge in [-0.15, -0.1) is 0 Å². The first-order valence-electron chi connectivity index (χ1n) is 5.64. The standard InChI is InChI=1S/C13H15N3O2/c1-9(13(17)18-2)16-11-5-3-10(4-6-11)12-7-14-8-15-12/h3-9,16H,1-2H3,(H,14,15). The topological polar surface area (TPSA) is 67.0 Å². The number of rotatable bonds is 4. The van der Waals surface area contributed by atoms with Gasteiger partial charge in [-0.2, -0.15) is 0 Å². The molecule has 1 heterocycles. The van der Waals surface area contributed by atoms with E-state index in [4.69, 9.17) is 0 Å². The third-order valence-electron chi connectivity index (χ3n) is 2.63. The van der Waals surface area contributed by atoms with E-state index in [1.54, 1.807) is 19.4 Å². The molecule has 0 saturated carbocycles. The van der Waals surface area contributed by atoms with Gasteiger partial charge >= 0.3 is 5.97 Å². The van der Waals surface area contributed by atoms with Gasteiger partial charge < -0.3 is 15.0 Å². The number of methoxy groups -OCH3 is 1. The minimum Gasteiger partial charge on any atom is -0.467 e. The fourth-order valence-electron chi connectivity index (χ4n) is 1.65. The minimum absolute atomic E-state index is 0.285. The summed E-state index contributed by atoms with van der Waals surface area (Å²) >= 11 is 0. The Hall–Kier alpha value is -2.30. The van der Waals surface area contributed by atoms with Crippen LogP contribution in [0.5, 0.6) is 0 Å². The molecule has 1 aromatic heterocycles. The summed E-state index contributed by atoms with van der Waals surface area (Å²) in [5, 5.41) is 3.06. The fourth-order valence-corrected chi connectivity index (χ4v) is 1.65. The van der Waals surface area contributed by atoms with Crippen LogP contribution in [0.4, 0.5) is 5.69 Å². The SMILES string of the molecule is COC(=O)C(C)Nc1ccc(-c2cnc[nH]2)cc1. The maximum Gasteiger partial charge on any atom is 0.327 e. The second-order valence-electron chi connectivity index (χ2n) is 3.93. The number of carbonyl (C=O) groups excluding carboxylic acids is 1. The molecule has 0 fully saturated rings. The van der Waals surface area contributed by atoms with Crippen LogP contribution in [0, 0.1) is 0 Å². The average Bonchev–Trinajstić information content (AvgIpc) is 2.92. The zero-order valence-corrected chi connectivity index (χ0v) is 10.3. The number of ether oxygens (including phenoxy) is 1. The fraction of sp³-hybridized carbons (Fsp3) is 0.231. The molecule has 18 heavy (non-hydrogen) atoms. The lowest BCUT2D eigenvalue weighted by Gasteiger charge is -2.12. The van der Waals surface area contributed by atoms with Crippen molar-refractivity contribution in [3.63, 3.8) is 0 Å². The number of carbonyl (C=O) groups is 1. The highest BCUT2D eigenvalue weighted by atomic mass is 16.5. The molecule has 0 aliphatic heterocycles. The van der Waals surface area contributed by atoms with Crippen LogP contribution in [0.1, 0.15) is 6.92 Å². The van der Waals surface area contributed by atoms with Crippen LogP contribution in [0.25, 0.3) is 11.3 Å². The Balaban J connectivity index is 2.06. The van der Waals surface area contributed by atoms with Gasteiger partial charge in [-0.25, -0.2) is 9.78 Å². The molecule has 1 aromatic carbocycles. The van der Waals surface area contributed by atoms with Crippen molar-refractivity contribution in [3.8, 4) is 11.3 Å². The predicted octanol–water partition coefficient (Wildman–Crippen LogP) is 2.05. The van der Waals surface area contributed by atoms with Gasteiger partial charge in [0.15, 0.2) is 0 Å². The van der Waals surface area contributed by atoms with E-state index in [9.17, 15) is 4.79 Å². The van der Waals surface area contributed by atoms with Crippen LogP contribution in [0.15, 0.2) is 36.8 Å². The zero-order chi connectivity index (χ0) is 13.0. The molecule has 0 saturated heterocycles. The van der Waals surface area contributed by atoms with E-state index in [1.807, 2.05) is 24.3 Å². The van der Waals surface area contributed by atoms with E-state index >= 15 is 0 Å². The average molecular weight is 245 g/mol. The quantitative estimate of drug-likeness (QED) is 0.809. The van der Waals surface area contributed by atoms with Gasteiger partial charge in [0.2, 0.25) is 0 Å². The van der Waals surface area contributed by atoms with Gasteiger partial charge in [-0.3, -0.25) is 0 Å². The van der Waals surface area contributed by atoms with E-state index in [0.717, 1.165) is 16.9 Å². The smallest absolute Gasteiger partial charge is 0.327 e. The molecule has 0 spiro atoms. The summed E-state index contributed by atoms with van der Waals surface area (Å²) in [5.41, 5.74) is 2.88. The number of esters is 1. The normalized spacial score (nSPS) is 11.9. The summed E-state index contributed by atoms with van der Waals surface area (Å²) in [5.74, 6) is -0.285. The summed E-state index contributed by atoms with van der Waals surface area (Å²) in [7, 11) is 1.38.